The number of rotatable bonds is 10. The molecule has 0 aromatic rings. The van der Waals surface area contributed by atoms with E-state index in [1.165, 1.54) is 0 Å². The normalized spacial score (nSPS) is 36.9. The fourth-order valence-corrected chi connectivity index (χ4v) is 5.48. The number of carbonyl (C=O) groups excluding carboxylic acids is 2. The summed E-state index contributed by atoms with van der Waals surface area (Å²) in [5.74, 6) is -0.576. The van der Waals surface area contributed by atoms with E-state index in [0.29, 0.717) is 13.1 Å². The van der Waals surface area contributed by atoms with Crippen molar-refractivity contribution < 1.29 is 33.3 Å². The molecule has 7 heteroatoms. The van der Waals surface area contributed by atoms with Gasteiger partial charge in [0.25, 0.3) is 0 Å². The third-order valence-corrected chi connectivity index (χ3v) is 7.34. The van der Waals surface area contributed by atoms with Gasteiger partial charge in [-0.25, -0.2) is 4.79 Å². The molecule has 164 valence electrons. The summed E-state index contributed by atoms with van der Waals surface area (Å²) in [6, 6.07) is 0. The van der Waals surface area contributed by atoms with Crippen LogP contribution in [0.3, 0.4) is 0 Å². The second-order valence-corrected chi connectivity index (χ2v) is 9.19. The lowest BCUT2D eigenvalue weighted by Crippen LogP contribution is -2.53. The summed E-state index contributed by atoms with van der Waals surface area (Å²) in [6.07, 6.45) is 8.09. The molecule has 4 aliphatic heterocycles. The molecule has 7 nitrogen and oxygen atoms in total. The first-order chi connectivity index (χ1) is 14.0. The molecule has 4 saturated heterocycles. The Morgan fingerprint density at radius 2 is 1.52 bits per heavy atom. The highest BCUT2D eigenvalue weighted by Crippen LogP contribution is 2.40. The Kier molecular flexibility index (Phi) is 6.47. The molecule has 29 heavy (non-hydrogen) atoms. The number of hydroxylamine groups is 3. The monoisotopic (exact) mass is 410 g/mol. The summed E-state index contributed by atoms with van der Waals surface area (Å²) in [5.41, 5.74) is 0. The summed E-state index contributed by atoms with van der Waals surface area (Å²) in [6.45, 7) is 6.34. The maximum absolute atomic E-state index is 12.9. The maximum atomic E-state index is 12.9. The number of unbranched alkanes of at least 4 members (excludes halogenated alkanes) is 1. The predicted octanol–water partition coefficient (Wildman–Crippen LogP) is 2.76. The molecule has 4 fully saturated rings. The minimum Gasteiger partial charge on any atom is -0.459 e. The van der Waals surface area contributed by atoms with E-state index in [1.54, 1.807) is 0 Å². The van der Waals surface area contributed by atoms with Gasteiger partial charge in [-0.05, 0) is 45.4 Å². The van der Waals surface area contributed by atoms with E-state index in [4.69, 9.17) is 19.0 Å². The van der Waals surface area contributed by atoms with Crippen molar-refractivity contribution in [2.75, 3.05) is 26.2 Å². The van der Waals surface area contributed by atoms with Crippen LogP contribution >= 0.6 is 0 Å². The standard InChI is InChI=1S/C22H36NO6/c1-3-5-10-23(4-2,29-22(25)18-14-16-7-9-20(18)28-16)11-12-26-21(24)17-13-15-6-8-19(17)27-15/h15-20H,3-14H2,1-2H3/q+1. The lowest BCUT2D eigenvalue weighted by molar-refractivity contribution is -1.09. The quantitative estimate of drug-likeness (QED) is 0.313. The van der Waals surface area contributed by atoms with Gasteiger partial charge in [0.2, 0.25) is 0 Å². The zero-order chi connectivity index (χ0) is 20.4. The van der Waals surface area contributed by atoms with E-state index in [9.17, 15) is 9.59 Å². The van der Waals surface area contributed by atoms with E-state index in [2.05, 4.69) is 6.92 Å². The largest absolute Gasteiger partial charge is 0.459 e. The number of carbonyl (C=O) groups is 2. The smallest absolute Gasteiger partial charge is 0.372 e. The summed E-state index contributed by atoms with van der Waals surface area (Å²) in [5, 5.41) is 0. The molecule has 7 unspecified atom stereocenters. The second kappa shape index (κ2) is 8.90. The van der Waals surface area contributed by atoms with Crippen LogP contribution in [0.15, 0.2) is 0 Å². The van der Waals surface area contributed by atoms with Crippen molar-refractivity contribution in [2.24, 2.45) is 11.8 Å². The molecule has 4 bridgehead atoms. The van der Waals surface area contributed by atoms with Crippen molar-refractivity contribution in [3.8, 4) is 0 Å². The molecule has 0 aromatic carbocycles. The number of ether oxygens (including phenoxy) is 3. The molecule has 0 aromatic heterocycles. The number of hydrogen-bond donors (Lipinski definition) is 0. The topological polar surface area (TPSA) is 71.1 Å². The van der Waals surface area contributed by atoms with Gasteiger partial charge in [0.05, 0.1) is 36.3 Å². The molecule has 0 aliphatic carbocycles. The highest BCUT2D eigenvalue weighted by Gasteiger charge is 2.48. The predicted molar refractivity (Wildman–Crippen MR) is 104 cm³/mol. The van der Waals surface area contributed by atoms with Crippen molar-refractivity contribution in [2.45, 2.75) is 89.6 Å². The van der Waals surface area contributed by atoms with Crippen molar-refractivity contribution in [1.29, 1.82) is 0 Å². The lowest BCUT2D eigenvalue weighted by Gasteiger charge is -2.35. The van der Waals surface area contributed by atoms with Crippen LogP contribution in [0, 0.1) is 11.8 Å². The van der Waals surface area contributed by atoms with Crippen LogP contribution in [0.1, 0.15) is 65.2 Å². The van der Waals surface area contributed by atoms with Gasteiger partial charge in [0, 0.05) is 6.42 Å². The average Bonchev–Trinajstić information content (AvgIpc) is 3.52. The summed E-state index contributed by atoms with van der Waals surface area (Å²) in [4.78, 5) is 31.5. The first-order valence-corrected chi connectivity index (χ1v) is 11.6. The van der Waals surface area contributed by atoms with Gasteiger partial charge in [0.15, 0.2) is 6.54 Å². The molecule has 0 spiro atoms. The Balaban J connectivity index is 1.31. The Hall–Kier alpha value is -1.18. The van der Waals surface area contributed by atoms with Crippen LogP contribution in [-0.2, 0) is 28.6 Å². The molecule has 4 heterocycles. The summed E-state index contributed by atoms with van der Waals surface area (Å²) < 4.78 is 17.5. The Labute approximate surface area is 173 Å². The number of quaternary nitrogens is 1. The van der Waals surface area contributed by atoms with Gasteiger partial charge in [-0.15, -0.1) is 4.65 Å². The highest BCUT2D eigenvalue weighted by molar-refractivity contribution is 5.74. The van der Waals surface area contributed by atoms with Crippen molar-refractivity contribution in [1.82, 2.24) is 0 Å². The van der Waals surface area contributed by atoms with Crippen LogP contribution in [0.4, 0.5) is 0 Å². The third-order valence-electron chi connectivity index (χ3n) is 7.34. The first kappa shape index (κ1) is 21.1. The van der Waals surface area contributed by atoms with Crippen LogP contribution in [0.5, 0.6) is 0 Å². The molecule has 0 saturated carbocycles. The first-order valence-electron chi connectivity index (χ1n) is 11.6. The highest BCUT2D eigenvalue weighted by atomic mass is 16.7. The minimum absolute atomic E-state index is 0.0213. The zero-order valence-electron chi connectivity index (χ0n) is 17.8. The third kappa shape index (κ3) is 4.47. The number of hydrogen-bond acceptors (Lipinski definition) is 6. The van der Waals surface area contributed by atoms with Crippen molar-refractivity contribution in [3.05, 3.63) is 0 Å². The van der Waals surface area contributed by atoms with E-state index >= 15 is 0 Å². The Morgan fingerprint density at radius 3 is 2.00 bits per heavy atom. The maximum Gasteiger partial charge on any atom is 0.372 e. The molecule has 0 radical (unpaired) electrons. The van der Waals surface area contributed by atoms with Gasteiger partial charge >= 0.3 is 11.9 Å². The average molecular weight is 411 g/mol. The SMILES string of the molecule is CCCC[N+](CC)(CCOC(=O)C1CC2CCC1O2)OC(=O)C1CC2CCC1O2. The van der Waals surface area contributed by atoms with E-state index in [1.807, 2.05) is 6.92 Å². The number of fused-ring (bicyclic) bond motifs is 4. The van der Waals surface area contributed by atoms with Crippen LogP contribution < -0.4 is 0 Å². The van der Waals surface area contributed by atoms with Gasteiger partial charge in [-0.3, -0.25) is 9.63 Å². The van der Waals surface area contributed by atoms with E-state index < -0.39 is 0 Å². The number of likely N-dealkylation sites (N-methyl/N-ethyl adjacent to an activating group) is 1. The fourth-order valence-electron chi connectivity index (χ4n) is 5.48. The van der Waals surface area contributed by atoms with E-state index in [0.717, 1.165) is 57.9 Å². The van der Waals surface area contributed by atoms with Gasteiger partial charge in [-0.2, -0.15) is 0 Å². The van der Waals surface area contributed by atoms with Gasteiger partial charge in [-0.1, -0.05) is 13.3 Å². The minimum atomic E-state index is -0.158. The van der Waals surface area contributed by atoms with Crippen molar-refractivity contribution in [3.63, 3.8) is 0 Å². The summed E-state index contributed by atoms with van der Waals surface area (Å²) >= 11 is 0. The lowest BCUT2D eigenvalue weighted by atomic mass is 9.89. The molecular weight excluding hydrogens is 374 g/mol. The van der Waals surface area contributed by atoms with Gasteiger partial charge < -0.3 is 14.2 Å². The second-order valence-electron chi connectivity index (χ2n) is 9.19. The molecule has 4 aliphatic rings. The number of esters is 1. The molecule has 0 N–H and O–H groups in total. The fraction of sp³-hybridized carbons (Fsp3) is 0.909. The van der Waals surface area contributed by atoms with Crippen molar-refractivity contribution >= 4 is 11.9 Å². The zero-order valence-corrected chi connectivity index (χ0v) is 17.8. The molecule has 4 rings (SSSR count). The van der Waals surface area contributed by atoms with Crippen LogP contribution in [0.25, 0.3) is 0 Å². The molecular formula is C22H36NO6+. The molecule has 0 amide bonds. The molecule has 7 atom stereocenters. The van der Waals surface area contributed by atoms with Crippen LogP contribution in [-0.4, -0.2) is 67.2 Å². The Bertz CT molecular complexity index is 612. The van der Waals surface area contributed by atoms with E-state index in [-0.39, 0.29) is 59.4 Å². The Morgan fingerprint density at radius 1 is 0.897 bits per heavy atom. The summed E-state index contributed by atoms with van der Waals surface area (Å²) in [7, 11) is 0. The number of nitrogens with zero attached hydrogens (tertiary/aromatic N) is 1. The van der Waals surface area contributed by atoms with Crippen LogP contribution in [0.2, 0.25) is 0 Å². The van der Waals surface area contributed by atoms with Gasteiger partial charge in [0.1, 0.15) is 19.7 Å².